The number of nitriles is 1. The number of amides is 1. The molecule has 1 aliphatic rings. The van der Waals surface area contributed by atoms with Gasteiger partial charge in [0.05, 0.1) is 17.7 Å². The summed E-state index contributed by atoms with van der Waals surface area (Å²) in [5.74, 6) is 1.17. The second-order valence-corrected chi connectivity index (χ2v) is 5.05. The average Bonchev–Trinajstić information content (AvgIpc) is 2.98. The highest BCUT2D eigenvalue weighted by atomic mass is 16.5. The maximum atomic E-state index is 12.0. The van der Waals surface area contributed by atoms with Gasteiger partial charge in [-0.25, -0.2) is 0 Å². The lowest BCUT2D eigenvalue weighted by Gasteiger charge is -2.35. The van der Waals surface area contributed by atoms with Gasteiger partial charge in [0.1, 0.15) is 18.1 Å². The van der Waals surface area contributed by atoms with E-state index in [-0.39, 0.29) is 18.3 Å². The van der Waals surface area contributed by atoms with Gasteiger partial charge < -0.3 is 19.2 Å². The number of ether oxygens (including phenoxy) is 1. The van der Waals surface area contributed by atoms with Crippen molar-refractivity contribution in [3.8, 4) is 11.8 Å². The Morgan fingerprint density at radius 3 is 2.68 bits per heavy atom. The van der Waals surface area contributed by atoms with Gasteiger partial charge in [0.15, 0.2) is 5.76 Å². The molecule has 1 N–H and O–H groups in total. The van der Waals surface area contributed by atoms with Crippen LogP contribution in [-0.2, 0) is 6.61 Å². The zero-order chi connectivity index (χ0) is 15.5. The lowest BCUT2D eigenvalue weighted by Crippen LogP contribution is -2.53. The first kappa shape index (κ1) is 14.2. The highest BCUT2D eigenvalue weighted by Crippen LogP contribution is 2.18. The molecule has 2 heterocycles. The van der Waals surface area contributed by atoms with E-state index in [0.29, 0.717) is 30.2 Å². The van der Waals surface area contributed by atoms with E-state index in [9.17, 15) is 9.90 Å². The molecule has 112 valence electrons. The number of benzene rings is 1. The Kier molecular flexibility index (Phi) is 3.81. The quantitative estimate of drug-likeness (QED) is 0.925. The second kappa shape index (κ2) is 5.92. The van der Waals surface area contributed by atoms with Crippen molar-refractivity contribution in [2.24, 2.45) is 0 Å². The average molecular weight is 298 g/mol. The predicted octanol–water partition coefficient (Wildman–Crippen LogP) is 1.55. The van der Waals surface area contributed by atoms with Crippen LogP contribution in [0.5, 0.6) is 5.75 Å². The Morgan fingerprint density at radius 2 is 2.05 bits per heavy atom. The fraction of sp³-hybridized carbons (Fsp3) is 0.250. The van der Waals surface area contributed by atoms with E-state index in [1.807, 2.05) is 6.07 Å². The van der Waals surface area contributed by atoms with E-state index < -0.39 is 6.10 Å². The molecule has 1 aliphatic heterocycles. The van der Waals surface area contributed by atoms with Crippen LogP contribution >= 0.6 is 0 Å². The van der Waals surface area contributed by atoms with Crippen molar-refractivity contribution in [3.05, 3.63) is 53.5 Å². The summed E-state index contributed by atoms with van der Waals surface area (Å²) < 4.78 is 11.0. The van der Waals surface area contributed by atoms with Crippen LogP contribution in [-0.4, -0.2) is 35.1 Å². The van der Waals surface area contributed by atoms with E-state index in [1.54, 1.807) is 36.4 Å². The summed E-state index contributed by atoms with van der Waals surface area (Å²) >= 11 is 0. The Morgan fingerprint density at radius 1 is 1.32 bits per heavy atom. The Balaban J connectivity index is 1.57. The molecule has 1 fully saturated rings. The Labute approximate surface area is 127 Å². The fourth-order valence-electron chi connectivity index (χ4n) is 2.13. The number of aliphatic hydroxyl groups excluding tert-OH is 1. The number of aliphatic hydroxyl groups is 1. The predicted molar refractivity (Wildman–Crippen MR) is 76.1 cm³/mol. The molecule has 6 nitrogen and oxygen atoms in total. The molecule has 22 heavy (non-hydrogen) atoms. The van der Waals surface area contributed by atoms with Crippen molar-refractivity contribution in [2.75, 3.05) is 13.1 Å². The number of furan rings is 1. The summed E-state index contributed by atoms with van der Waals surface area (Å²) in [4.78, 5) is 13.5. The smallest absolute Gasteiger partial charge is 0.289 e. The highest BCUT2D eigenvalue weighted by molar-refractivity contribution is 5.92. The van der Waals surface area contributed by atoms with Crippen LogP contribution in [0.1, 0.15) is 21.9 Å². The van der Waals surface area contributed by atoms with Crippen LogP contribution in [0.4, 0.5) is 0 Å². The zero-order valence-corrected chi connectivity index (χ0v) is 11.7. The molecule has 0 atom stereocenters. The molecule has 6 heteroatoms. The van der Waals surface area contributed by atoms with E-state index >= 15 is 0 Å². The molecular weight excluding hydrogens is 284 g/mol. The molecule has 1 aromatic carbocycles. The summed E-state index contributed by atoms with van der Waals surface area (Å²) in [6, 6.07) is 12.1. The van der Waals surface area contributed by atoms with Crippen molar-refractivity contribution < 1.29 is 19.1 Å². The topological polar surface area (TPSA) is 86.7 Å². The maximum Gasteiger partial charge on any atom is 0.289 e. The van der Waals surface area contributed by atoms with Gasteiger partial charge in [-0.3, -0.25) is 4.79 Å². The summed E-state index contributed by atoms with van der Waals surface area (Å²) in [5, 5.41) is 17.9. The number of rotatable bonds is 4. The van der Waals surface area contributed by atoms with Crippen molar-refractivity contribution >= 4 is 5.91 Å². The SMILES string of the molecule is N#Cc1ccc(OCc2ccc(C(=O)N3CC(O)C3)o2)cc1. The van der Waals surface area contributed by atoms with Gasteiger partial charge in [0, 0.05) is 13.1 Å². The first-order valence-corrected chi connectivity index (χ1v) is 6.85. The van der Waals surface area contributed by atoms with Crippen molar-refractivity contribution in [2.45, 2.75) is 12.7 Å². The van der Waals surface area contributed by atoms with Gasteiger partial charge >= 0.3 is 0 Å². The van der Waals surface area contributed by atoms with Crippen LogP contribution in [0.3, 0.4) is 0 Å². The minimum absolute atomic E-state index is 0.196. The molecule has 2 aromatic rings. The molecule has 0 saturated carbocycles. The number of β-amino-alcohol motifs (C(OH)–C–C–N with tert-alkyl or cyclic N) is 1. The van der Waals surface area contributed by atoms with Gasteiger partial charge in [-0.05, 0) is 36.4 Å². The van der Waals surface area contributed by atoms with E-state index in [1.165, 1.54) is 4.90 Å². The van der Waals surface area contributed by atoms with Gasteiger partial charge in [0.2, 0.25) is 0 Å². The van der Waals surface area contributed by atoms with Crippen molar-refractivity contribution in [3.63, 3.8) is 0 Å². The standard InChI is InChI=1S/C16H14N2O4/c17-7-11-1-3-13(4-2-11)21-10-14-5-6-15(22-14)16(20)18-8-12(19)9-18/h1-6,12,19H,8-10H2. The number of hydrogen-bond acceptors (Lipinski definition) is 5. The number of carbonyl (C=O) groups excluding carboxylic acids is 1. The summed E-state index contributed by atoms with van der Waals surface area (Å²) in [6.07, 6.45) is -0.432. The first-order valence-electron chi connectivity index (χ1n) is 6.85. The molecule has 0 radical (unpaired) electrons. The van der Waals surface area contributed by atoms with Gasteiger partial charge in [-0.2, -0.15) is 5.26 Å². The summed E-state index contributed by atoms with van der Waals surface area (Å²) in [7, 11) is 0. The lowest BCUT2D eigenvalue weighted by atomic mass is 10.1. The molecule has 1 amide bonds. The molecular formula is C16H14N2O4. The lowest BCUT2D eigenvalue weighted by molar-refractivity contribution is 0.00375. The number of carbonyl (C=O) groups is 1. The molecule has 1 saturated heterocycles. The molecule has 0 aliphatic carbocycles. The number of likely N-dealkylation sites (tertiary alicyclic amines) is 1. The monoisotopic (exact) mass is 298 g/mol. The van der Waals surface area contributed by atoms with Crippen LogP contribution in [0.2, 0.25) is 0 Å². The minimum Gasteiger partial charge on any atom is -0.486 e. The maximum absolute atomic E-state index is 12.0. The number of hydrogen-bond donors (Lipinski definition) is 1. The van der Waals surface area contributed by atoms with E-state index in [4.69, 9.17) is 14.4 Å². The number of nitrogens with zero attached hydrogens (tertiary/aromatic N) is 2. The van der Waals surface area contributed by atoms with E-state index in [2.05, 4.69) is 0 Å². The third kappa shape index (κ3) is 2.95. The van der Waals surface area contributed by atoms with Gasteiger partial charge in [-0.1, -0.05) is 0 Å². The minimum atomic E-state index is -0.432. The van der Waals surface area contributed by atoms with Crippen LogP contribution in [0.25, 0.3) is 0 Å². The highest BCUT2D eigenvalue weighted by Gasteiger charge is 2.31. The normalized spacial score (nSPS) is 14.3. The molecule has 3 rings (SSSR count). The Hall–Kier alpha value is -2.78. The van der Waals surface area contributed by atoms with Crippen LogP contribution in [0.15, 0.2) is 40.8 Å². The fourth-order valence-corrected chi connectivity index (χ4v) is 2.13. The molecule has 1 aromatic heterocycles. The first-order chi connectivity index (χ1) is 10.7. The molecule has 0 unspecified atom stereocenters. The summed E-state index contributed by atoms with van der Waals surface area (Å²) in [5.41, 5.74) is 0.565. The van der Waals surface area contributed by atoms with Crippen molar-refractivity contribution in [1.29, 1.82) is 5.26 Å². The Bertz CT molecular complexity index is 708. The third-order valence-electron chi connectivity index (χ3n) is 3.39. The van der Waals surface area contributed by atoms with Gasteiger partial charge in [0.25, 0.3) is 5.91 Å². The molecule has 0 spiro atoms. The summed E-state index contributed by atoms with van der Waals surface area (Å²) in [6.45, 7) is 0.884. The van der Waals surface area contributed by atoms with Crippen LogP contribution < -0.4 is 4.74 Å². The van der Waals surface area contributed by atoms with Crippen molar-refractivity contribution in [1.82, 2.24) is 4.90 Å². The third-order valence-corrected chi connectivity index (χ3v) is 3.39. The van der Waals surface area contributed by atoms with Crippen LogP contribution in [0, 0.1) is 11.3 Å². The van der Waals surface area contributed by atoms with Gasteiger partial charge in [-0.15, -0.1) is 0 Å². The molecule has 0 bridgehead atoms. The second-order valence-electron chi connectivity index (χ2n) is 5.05. The largest absolute Gasteiger partial charge is 0.486 e. The zero-order valence-electron chi connectivity index (χ0n) is 11.7. The van der Waals surface area contributed by atoms with E-state index in [0.717, 1.165) is 0 Å².